The van der Waals surface area contributed by atoms with E-state index in [9.17, 15) is 0 Å². The number of benzene rings is 1. The van der Waals surface area contributed by atoms with Crippen LogP contribution in [0.3, 0.4) is 0 Å². The van der Waals surface area contributed by atoms with Gasteiger partial charge in [-0.25, -0.2) is 4.98 Å². The Morgan fingerprint density at radius 1 is 1.32 bits per heavy atom. The van der Waals surface area contributed by atoms with Gasteiger partial charge < -0.3 is 14.6 Å². The molecule has 0 spiro atoms. The van der Waals surface area contributed by atoms with Gasteiger partial charge in [-0.2, -0.15) is 4.98 Å². The zero-order chi connectivity index (χ0) is 14.7. The molecule has 2 bridgehead atoms. The van der Waals surface area contributed by atoms with Crippen molar-refractivity contribution in [1.82, 2.24) is 15.3 Å². The maximum Gasteiger partial charge on any atom is 0.298 e. The highest BCUT2D eigenvalue weighted by Gasteiger charge is 2.38. The average molecular weight is 312 g/mol. The van der Waals surface area contributed by atoms with Crippen molar-refractivity contribution in [1.29, 1.82) is 0 Å². The van der Waals surface area contributed by atoms with Gasteiger partial charge in [-0.3, -0.25) is 0 Å². The number of fused-ring (bicyclic) bond motifs is 3. The lowest BCUT2D eigenvalue weighted by molar-refractivity contribution is 0.220. The Hall–Kier alpha value is -1.92. The highest BCUT2D eigenvalue weighted by Crippen LogP contribution is 2.35. The average Bonchev–Trinajstić information content (AvgIpc) is 3.17. The van der Waals surface area contributed by atoms with E-state index in [1.807, 2.05) is 11.6 Å². The number of piperidine rings is 1. The second kappa shape index (κ2) is 4.54. The molecule has 1 aromatic carbocycles. The third kappa shape index (κ3) is 1.80. The molecule has 22 heavy (non-hydrogen) atoms. The molecule has 2 atom stereocenters. The predicted octanol–water partition coefficient (Wildman–Crippen LogP) is 2.81. The van der Waals surface area contributed by atoms with E-state index in [2.05, 4.69) is 34.3 Å². The topological polar surface area (TPSA) is 54.2 Å². The highest BCUT2D eigenvalue weighted by molar-refractivity contribution is 7.13. The summed E-state index contributed by atoms with van der Waals surface area (Å²) < 4.78 is 6.17. The van der Waals surface area contributed by atoms with Gasteiger partial charge in [-0.15, -0.1) is 11.3 Å². The van der Waals surface area contributed by atoms with Gasteiger partial charge >= 0.3 is 0 Å². The van der Waals surface area contributed by atoms with E-state index < -0.39 is 0 Å². The summed E-state index contributed by atoms with van der Waals surface area (Å²) in [6.07, 6.45) is 3.10. The van der Waals surface area contributed by atoms with Crippen molar-refractivity contribution in [3.05, 3.63) is 29.3 Å². The minimum Gasteiger partial charge on any atom is -0.423 e. The molecule has 5 nitrogen and oxygen atoms in total. The molecule has 112 valence electrons. The van der Waals surface area contributed by atoms with E-state index in [1.54, 1.807) is 11.3 Å². The number of aromatic nitrogens is 2. The maximum absolute atomic E-state index is 6.17. The summed E-state index contributed by atoms with van der Waals surface area (Å²) >= 11 is 1.63. The van der Waals surface area contributed by atoms with Crippen LogP contribution in [0.2, 0.25) is 0 Å². The first-order chi connectivity index (χ1) is 10.8. The van der Waals surface area contributed by atoms with E-state index in [0.717, 1.165) is 46.3 Å². The third-order valence-electron chi connectivity index (χ3n) is 4.59. The van der Waals surface area contributed by atoms with E-state index in [-0.39, 0.29) is 0 Å². The lowest BCUT2D eigenvalue weighted by atomic mass is 9.92. The molecule has 3 fully saturated rings. The second-order valence-electron chi connectivity index (χ2n) is 6.14. The Morgan fingerprint density at radius 2 is 2.14 bits per heavy atom. The molecule has 0 aliphatic carbocycles. The van der Waals surface area contributed by atoms with Gasteiger partial charge in [-0.1, -0.05) is 6.07 Å². The molecule has 2 aromatic heterocycles. The molecule has 3 saturated heterocycles. The minimum atomic E-state index is 0.591. The first-order valence-corrected chi connectivity index (χ1v) is 8.47. The third-order valence-corrected chi connectivity index (χ3v) is 5.40. The Bertz CT molecular complexity index is 825. The van der Waals surface area contributed by atoms with Gasteiger partial charge in [0.25, 0.3) is 6.01 Å². The smallest absolute Gasteiger partial charge is 0.298 e. The molecular weight excluding hydrogens is 296 g/mol. The number of hydrogen-bond donors (Lipinski definition) is 1. The van der Waals surface area contributed by atoms with Crippen LogP contribution in [-0.2, 0) is 0 Å². The van der Waals surface area contributed by atoms with Gasteiger partial charge in [0.2, 0.25) is 0 Å². The molecule has 3 aromatic rings. The van der Waals surface area contributed by atoms with Crippen molar-refractivity contribution in [3.8, 4) is 10.6 Å². The van der Waals surface area contributed by atoms with E-state index >= 15 is 0 Å². The summed E-state index contributed by atoms with van der Waals surface area (Å²) in [5, 5.41) is 6.51. The molecule has 3 aliphatic heterocycles. The fraction of sp³-hybridized carbons (Fsp3) is 0.375. The van der Waals surface area contributed by atoms with Crippen LogP contribution in [0, 0.1) is 6.92 Å². The summed E-state index contributed by atoms with van der Waals surface area (Å²) in [6.45, 7) is 4.04. The van der Waals surface area contributed by atoms with Crippen LogP contribution in [0.25, 0.3) is 21.7 Å². The monoisotopic (exact) mass is 312 g/mol. The van der Waals surface area contributed by atoms with Crippen LogP contribution in [-0.4, -0.2) is 35.1 Å². The number of nitrogens with one attached hydrogen (secondary N) is 1. The molecule has 6 heteroatoms. The van der Waals surface area contributed by atoms with Crippen molar-refractivity contribution in [2.75, 3.05) is 18.0 Å². The van der Waals surface area contributed by atoms with Gasteiger partial charge in [0, 0.05) is 36.8 Å². The Morgan fingerprint density at radius 3 is 2.86 bits per heavy atom. The molecule has 6 rings (SSSR count). The number of rotatable bonds is 2. The van der Waals surface area contributed by atoms with Crippen molar-refractivity contribution >= 4 is 28.5 Å². The minimum absolute atomic E-state index is 0.591. The zero-order valence-electron chi connectivity index (χ0n) is 12.2. The predicted molar refractivity (Wildman–Crippen MR) is 87.4 cm³/mol. The molecule has 3 aliphatic rings. The van der Waals surface area contributed by atoms with Gasteiger partial charge in [0.05, 0.1) is 5.56 Å². The summed E-state index contributed by atoms with van der Waals surface area (Å²) in [6, 6.07) is 6.11. The number of nitrogens with zero attached hydrogens (tertiary/aromatic N) is 3. The van der Waals surface area contributed by atoms with E-state index in [0.29, 0.717) is 12.1 Å². The Kier molecular flexibility index (Phi) is 2.60. The lowest BCUT2D eigenvalue weighted by Gasteiger charge is -2.47. The molecule has 1 N–H and O–H groups in total. The van der Waals surface area contributed by atoms with E-state index in [1.165, 1.54) is 6.42 Å². The van der Waals surface area contributed by atoms with Gasteiger partial charge in [0.15, 0.2) is 5.58 Å². The Balaban J connectivity index is 1.63. The summed E-state index contributed by atoms with van der Waals surface area (Å²) in [4.78, 5) is 11.4. The molecule has 0 amide bonds. The van der Waals surface area contributed by atoms with Crippen LogP contribution in [0.5, 0.6) is 0 Å². The number of hydrogen-bond acceptors (Lipinski definition) is 6. The first-order valence-electron chi connectivity index (χ1n) is 7.59. The highest BCUT2D eigenvalue weighted by atomic mass is 32.1. The largest absolute Gasteiger partial charge is 0.423 e. The quantitative estimate of drug-likeness (QED) is 0.788. The van der Waals surface area contributed by atoms with Crippen molar-refractivity contribution in [2.24, 2.45) is 0 Å². The molecule has 0 radical (unpaired) electrons. The normalized spacial score (nSPS) is 23.8. The van der Waals surface area contributed by atoms with Crippen molar-refractivity contribution in [2.45, 2.75) is 25.4 Å². The molecular formula is C16H16N4OS. The van der Waals surface area contributed by atoms with Crippen molar-refractivity contribution < 1.29 is 4.42 Å². The second-order valence-corrected chi connectivity index (χ2v) is 7.04. The summed E-state index contributed by atoms with van der Waals surface area (Å²) in [5.74, 6) is 0. The summed E-state index contributed by atoms with van der Waals surface area (Å²) in [5.41, 5.74) is 3.99. The number of thiazole rings is 1. The Labute approximate surface area is 132 Å². The fourth-order valence-electron chi connectivity index (χ4n) is 3.45. The molecule has 5 heterocycles. The molecule has 0 saturated carbocycles. The van der Waals surface area contributed by atoms with Crippen LogP contribution in [0.1, 0.15) is 12.0 Å². The zero-order valence-corrected chi connectivity index (χ0v) is 13.1. The number of aryl methyl sites for hydroxylation is 1. The first kappa shape index (κ1) is 12.6. The SMILES string of the molecule is Cc1ccc(-c2nccs2)c2oc(N3CC4CC(C3)N4)nc12. The standard InChI is InChI=1S/C16H16N4OS/c1-9-2-3-12(15-17-4-5-22-15)14-13(9)19-16(21-14)20-7-10-6-11(8-20)18-10/h2-5,10-11,18H,6-8H2,1H3. The van der Waals surface area contributed by atoms with Gasteiger partial charge in [-0.05, 0) is 25.0 Å². The van der Waals surface area contributed by atoms with Crippen LogP contribution < -0.4 is 10.2 Å². The number of anilines is 1. The summed E-state index contributed by atoms with van der Waals surface area (Å²) in [7, 11) is 0. The number of oxazole rings is 1. The number of piperazine rings is 1. The van der Waals surface area contributed by atoms with Crippen LogP contribution in [0.15, 0.2) is 28.1 Å². The van der Waals surface area contributed by atoms with Crippen LogP contribution >= 0.6 is 11.3 Å². The fourth-order valence-corrected chi connectivity index (χ4v) is 4.11. The maximum atomic E-state index is 6.17. The van der Waals surface area contributed by atoms with E-state index in [4.69, 9.17) is 9.40 Å². The molecule has 2 unspecified atom stereocenters. The van der Waals surface area contributed by atoms with Crippen LogP contribution in [0.4, 0.5) is 6.01 Å². The van der Waals surface area contributed by atoms with Crippen molar-refractivity contribution in [3.63, 3.8) is 0 Å². The van der Waals surface area contributed by atoms with Gasteiger partial charge in [0.1, 0.15) is 10.5 Å². The lowest BCUT2D eigenvalue weighted by Crippen LogP contribution is -2.67.